The van der Waals surface area contributed by atoms with Crippen molar-refractivity contribution in [3.63, 3.8) is 0 Å². The molecule has 2 nitrogen and oxygen atoms in total. The highest BCUT2D eigenvalue weighted by Crippen LogP contribution is 2.21. The van der Waals surface area contributed by atoms with Crippen LogP contribution in [0.2, 0.25) is 0 Å². The normalized spacial score (nSPS) is 29.3. The molecule has 1 rings (SSSR count). The van der Waals surface area contributed by atoms with Gasteiger partial charge in [-0.3, -0.25) is 0 Å². The van der Waals surface area contributed by atoms with Crippen LogP contribution in [0.25, 0.3) is 0 Å². The third kappa shape index (κ3) is 2.59. The number of nitrogens with zero attached hydrogens (tertiary/aromatic N) is 1. The summed E-state index contributed by atoms with van der Waals surface area (Å²) in [6, 6.07) is 0. The van der Waals surface area contributed by atoms with E-state index in [2.05, 4.69) is 11.9 Å². The summed E-state index contributed by atoms with van der Waals surface area (Å²) in [6.07, 6.45) is 4.90. The van der Waals surface area contributed by atoms with Crippen molar-refractivity contribution < 1.29 is 4.79 Å². The fourth-order valence-corrected chi connectivity index (χ4v) is 1.91. The molecule has 0 amide bonds. The zero-order valence-electron chi connectivity index (χ0n) is 8.12. The molecular formula is C10H19NO. The van der Waals surface area contributed by atoms with Crippen LogP contribution in [0.15, 0.2) is 0 Å². The van der Waals surface area contributed by atoms with Gasteiger partial charge in [0.15, 0.2) is 0 Å². The first-order valence-corrected chi connectivity index (χ1v) is 4.88. The molecule has 2 atom stereocenters. The van der Waals surface area contributed by atoms with Gasteiger partial charge in [-0.05, 0) is 32.4 Å². The lowest BCUT2D eigenvalue weighted by molar-refractivity contribution is -0.112. The van der Waals surface area contributed by atoms with Crippen molar-refractivity contribution in [2.24, 2.45) is 11.8 Å². The summed E-state index contributed by atoms with van der Waals surface area (Å²) >= 11 is 0. The molecule has 1 saturated heterocycles. The van der Waals surface area contributed by atoms with E-state index in [-0.39, 0.29) is 5.92 Å². The number of hydrogen-bond donors (Lipinski definition) is 0. The number of carbonyl (C=O) groups excluding carboxylic acids is 1. The molecule has 1 fully saturated rings. The molecule has 1 aliphatic rings. The molecule has 2 unspecified atom stereocenters. The zero-order valence-corrected chi connectivity index (χ0v) is 8.12. The third-order valence-corrected chi connectivity index (χ3v) is 2.87. The Morgan fingerprint density at radius 1 is 1.50 bits per heavy atom. The van der Waals surface area contributed by atoms with Crippen molar-refractivity contribution >= 4 is 6.29 Å². The molecule has 1 heterocycles. The summed E-state index contributed by atoms with van der Waals surface area (Å²) in [4.78, 5) is 12.9. The second kappa shape index (κ2) is 4.61. The molecule has 0 saturated carbocycles. The molecule has 0 aliphatic carbocycles. The maximum absolute atomic E-state index is 10.6. The highest BCUT2D eigenvalue weighted by molar-refractivity contribution is 5.53. The minimum atomic E-state index is 0.241. The number of rotatable bonds is 2. The van der Waals surface area contributed by atoms with Crippen LogP contribution in [0.5, 0.6) is 0 Å². The van der Waals surface area contributed by atoms with Crippen LogP contribution in [-0.2, 0) is 4.79 Å². The second-order valence-electron chi connectivity index (χ2n) is 4.01. The van der Waals surface area contributed by atoms with Gasteiger partial charge in [0.1, 0.15) is 6.29 Å². The first-order chi connectivity index (χ1) is 5.74. The first-order valence-electron chi connectivity index (χ1n) is 4.88. The fraction of sp³-hybridized carbons (Fsp3) is 0.900. The maximum atomic E-state index is 10.6. The van der Waals surface area contributed by atoms with Crippen LogP contribution in [0.4, 0.5) is 0 Å². The van der Waals surface area contributed by atoms with Crippen LogP contribution in [0.1, 0.15) is 26.2 Å². The fourth-order valence-electron chi connectivity index (χ4n) is 1.91. The van der Waals surface area contributed by atoms with Gasteiger partial charge < -0.3 is 9.69 Å². The molecule has 0 radical (unpaired) electrons. The maximum Gasteiger partial charge on any atom is 0.123 e. The van der Waals surface area contributed by atoms with Crippen molar-refractivity contribution in [3.8, 4) is 0 Å². The van der Waals surface area contributed by atoms with E-state index < -0.39 is 0 Å². The van der Waals surface area contributed by atoms with E-state index in [0.717, 1.165) is 12.8 Å². The topological polar surface area (TPSA) is 20.3 Å². The highest BCUT2D eigenvalue weighted by atomic mass is 16.1. The Hall–Kier alpha value is -0.370. The molecule has 70 valence electrons. The molecule has 1 aliphatic heterocycles. The summed E-state index contributed by atoms with van der Waals surface area (Å²) in [5, 5.41) is 0. The Morgan fingerprint density at radius 2 is 2.25 bits per heavy atom. The lowest BCUT2D eigenvalue weighted by Crippen LogP contribution is -2.27. The number of carbonyl (C=O) groups is 1. The van der Waals surface area contributed by atoms with Crippen molar-refractivity contribution in [1.82, 2.24) is 4.90 Å². The molecule has 0 N–H and O–H groups in total. The van der Waals surface area contributed by atoms with Gasteiger partial charge in [0.2, 0.25) is 0 Å². The molecule has 0 aromatic rings. The van der Waals surface area contributed by atoms with Crippen LogP contribution in [0, 0.1) is 11.8 Å². The summed E-state index contributed by atoms with van der Waals surface area (Å²) in [6.45, 7) is 4.33. The smallest absolute Gasteiger partial charge is 0.123 e. The predicted octanol–water partition coefficient (Wildman–Crippen LogP) is 1.55. The van der Waals surface area contributed by atoms with Crippen LogP contribution in [-0.4, -0.2) is 31.3 Å². The summed E-state index contributed by atoms with van der Waals surface area (Å²) < 4.78 is 0. The molecule has 2 heteroatoms. The first kappa shape index (κ1) is 9.72. The van der Waals surface area contributed by atoms with E-state index >= 15 is 0 Å². The Bertz CT molecular complexity index is 147. The van der Waals surface area contributed by atoms with Gasteiger partial charge in [0.05, 0.1) is 0 Å². The van der Waals surface area contributed by atoms with Crippen molar-refractivity contribution in [2.45, 2.75) is 26.2 Å². The standard InChI is InChI=1S/C10H19NO/c1-9(8-12)10-5-3-4-6-11(2)7-10/h8-10H,3-7H2,1-2H3. The van der Waals surface area contributed by atoms with E-state index in [1.807, 2.05) is 6.92 Å². The van der Waals surface area contributed by atoms with Gasteiger partial charge in [-0.1, -0.05) is 13.3 Å². The number of aldehydes is 1. The second-order valence-corrected chi connectivity index (χ2v) is 4.01. The summed E-state index contributed by atoms with van der Waals surface area (Å²) in [5.41, 5.74) is 0. The molecule has 12 heavy (non-hydrogen) atoms. The lowest BCUT2D eigenvalue weighted by Gasteiger charge is -2.21. The van der Waals surface area contributed by atoms with E-state index in [0.29, 0.717) is 5.92 Å². The third-order valence-electron chi connectivity index (χ3n) is 2.87. The van der Waals surface area contributed by atoms with Crippen LogP contribution >= 0.6 is 0 Å². The average Bonchev–Trinajstić information content (AvgIpc) is 2.28. The predicted molar refractivity (Wildman–Crippen MR) is 50.1 cm³/mol. The Kier molecular flexibility index (Phi) is 3.73. The molecule has 0 bridgehead atoms. The Labute approximate surface area is 74.9 Å². The van der Waals surface area contributed by atoms with E-state index in [4.69, 9.17) is 0 Å². The Balaban J connectivity index is 2.45. The Morgan fingerprint density at radius 3 is 2.92 bits per heavy atom. The van der Waals surface area contributed by atoms with Gasteiger partial charge in [0.25, 0.3) is 0 Å². The molecule has 0 aromatic heterocycles. The lowest BCUT2D eigenvalue weighted by atomic mass is 9.91. The highest BCUT2D eigenvalue weighted by Gasteiger charge is 2.20. The van der Waals surface area contributed by atoms with E-state index in [1.165, 1.54) is 25.8 Å². The van der Waals surface area contributed by atoms with Crippen molar-refractivity contribution in [3.05, 3.63) is 0 Å². The largest absolute Gasteiger partial charge is 0.306 e. The number of likely N-dealkylation sites (tertiary alicyclic amines) is 1. The van der Waals surface area contributed by atoms with Crippen LogP contribution < -0.4 is 0 Å². The van der Waals surface area contributed by atoms with E-state index in [9.17, 15) is 4.79 Å². The minimum Gasteiger partial charge on any atom is -0.306 e. The van der Waals surface area contributed by atoms with Crippen molar-refractivity contribution in [1.29, 1.82) is 0 Å². The summed E-state index contributed by atoms with van der Waals surface area (Å²) in [5.74, 6) is 0.834. The molecular weight excluding hydrogens is 150 g/mol. The van der Waals surface area contributed by atoms with Crippen molar-refractivity contribution in [2.75, 3.05) is 20.1 Å². The van der Waals surface area contributed by atoms with Gasteiger partial charge in [0, 0.05) is 12.5 Å². The van der Waals surface area contributed by atoms with Gasteiger partial charge >= 0.3 is 0 Å². The average molecular weight is 169 g/mol. The zero-order chi connectivity index (χ0) is 8.97. The SMILES string of the molecule is CC(C=O)C1CCCCN(C)C1. The summed E-state index contributed by atoms with van der Waals surface area (Å²) in [7, 11) is 2.15. The van der Waals surface area contributed by atoms with Crippen LogP contribution in [0.3, 0.4) is 0 Å². The molecule has 0 spiro atoms. The van der Waals surface area contributed by atoms with Gasteiger partial charge in [-0.2, -0.15) is 0 Å². The quantitative estimate of drug-likeness (QED) is 0.585. The monoisotopic (exact) mass is 169 g/mol. The minimum absolute atomic E-state index is 0.241. The van der Waals surface area contributed by atoms with Gasteiger partial charge in [-0.25, -0.2) is 0 Å². The van der Waals surface area contributed by atoms with Gasteiger partial charge in [-0.15, -0.1) is 0 Å². The van der Waals surface area contributed by atoms with E-state index in [1.54, 1.807) is 0 Å². The molecule has 0 aromatic carbocycles. The number of hydrogen-bond acceptors (Lipinski definition) is 2.